The minimum atomic E-state index is -0.653. The summed E-state index contributed by atoms with van der Waals surface area (Å²) in [7, 11) is 1.40. The van der Waals surface area contributed by atoms with Crippen molar-refractivity contribution in [2.45, 2.75) is 18.9 Å². The van der Waals surface area contributed by atoms with E-state index < -0.39 is 5.91 Å². The summed E-state index contributed by atoms with van der Waals surface area (Å²) in [5, 5.41) is 5.79. The summed E-state index contributed by atoms with van der Waals surface area (Å²) in [6.45, 7) is 0.839. The van der Waals surface area contributed by atoms with Crippen LogP contribution < -0.4 is 21.1 Å². The highest BCUT2D eigenvalue weighted by Gasteiger charge is 2.22. The first-order chi connectivity index (χ1) is 9.11. The van der Waals surface area contributed by atoms with E-state index in [2.05, 4.69) is 15.6 Å². The standard InChI is InChI=1S/C12H16N4O3/c1-19-12-8(10(13)17)5-7(6-15-12)16-11(18)9-3-2-4-14-9/h5-6,9,14H,2-4H2,1H3,(H2,13,17)(H,16,18)/t9-/m0/s1. The molecular weight excluding hydrogens is 248 g/mol. The van der Waals surface area contributed by atoms with Crippen molar-refractivity contribution < 1.29 is 14.3 Å². The van der Waals surface area contributed by atoms with Crippen molar-refractivity contribution in [3.63, 3.8) is 0 Å². The molecule has 2 heterocycles. The van der Waals surface area contributed by atoms with Crippen LogP contribution in [0.15, 0.2) is 12.3 Å². The van der Waals surface area contributed by atoms with E-state index >= 15 is 0 Å². The van der Waals surface area contributed by atoms with Crippen molar-refractivity contribution in [2.75, 3.05) is 19.0 Å². The number of aromatic nitrogens is 1. The summed E-state index contributed by atoms with van der Waals surface area (Å²) in [5.41, 5.74) is 5.79. The topological polar surface area (TPSA) is 106 Å². The summed E-state index contributed by atoms with van der Waals surface area (Å²) in [6, 6.07) is 1.26. The Kier molecular flexibility index (Phi) is 3.96. The lowest BCUT2D eigenvalue weighted by Gasteiger charge is -2.12. The maximum atomic E-state index is 11.9. The van der Waals surface area contributed by atoms with Crippen molar-refractivity contribution >= 4 is 17.5 Å². The smallest absolute Gasteiger partial charge is 0.254 e. The second-order valence-electron chi connectivity index (χ2n) is 4.28. The highest BCUT2D eigenvalue weighted by atomic mass is 16.5. The SMILES string of the molecule is COc1ncc(NC(=O)[C@@H]2CCCN2)cc1C(N)=O. The molecule has 0 saturated carbocycles. The van der Waals surface area contributed by atoms with Crippen molar-refractivity contribution in [1.82, 2.24) is 10.3 Å². The molecule has 0 bridgehead atoms. The van der Waals surface area contributed by atoms with Gasteiger partial charge in [-0.1, -0.05) is 0 Å². The summed E-state index contributed by atoms with van der Waals surface area (Å²) < 4.78 is 4.93. The Morgan fingerprint density at radius 3 is 2.95 bits per heavy atom. The lowest BCUT2D eigenvalue weighted by atomic mass is 10.2. The molecule has 0 aromatic carbocycles. The number of nitrogens with two attached hydrogens (primary N) is 1. The van der Waals surface area contributed by atoms with Crippen LogP contribution in [0.1, 0.15) is 23.2 Å². The Balaban J connectivity index is 2.14. The van der Waals surface area contributed by atoms with Crippen molar-refractivity contribution in [2.24, 2.45) is 5.73 Å². The van der Waals surface area contributed by atoms with Gasteiger partial charge in [0.1, 0.15) is 5.56 Å². The van der Waals surface area contributed by atoms with Gasteiger partial charge in [-0.05, 0) is 25.5 Å². The first-order valence-electron chi connectivity index (χ1n) is 6.00. The van der Waals surface area contributed by atoms with Gasteiger partial charge in [0.15, 0.2) is 0 Å². The van der Waals surface area contributed by atoms with E-state index in [4.69, 9.17) is 10.5 Å². The van der Waals surface area contributed by atoms with Crippen LogP contribution in [0.5, 0.6) is 5.88 Å². The zero-order chi connectivity index (χ0) is 13.8. The van der Waals surface area contributed by atoms with E-state index in [-0.39, 0.29) is 23.4 Å². The molecule has 19 heavy (non-hydrogen) atoms. The molecule has 7 nitrogen and oxygen atoms in total. The number of hydrogen-bond donors (Lipinski definition) is 3. The Bertz CT molecular complexity index is 498. The molecule has 1 aliphatic heterocycles. The summed E-state index contributed by atoms with van der Waals surface area (Å²) >= 11 is 0. The molecule has 102 valence electrons. The van der Waals surface area contributed by atoms with Crippen LogP contribution in [0.4, 0.5) is 5.69 Å². The van der Waals surface area contributed by atoms with E-state index in [1.165, 1.54) is 19.4 Å². The number of methoxy groups -OCH3 is 1. The Labute approximate surface area is 110 Å². The molecule has 0 aliphatic carbocycles. The fraction of sp³-hybridized carbons (Fsp3) is 0.417. The van der Waals surface area contributed by atoms with E-state index in [0.717, 1.165) is 19.4 Å². The number of carbonyl (C=O) groups is 2. The number of rotatable bonds is 4. The molecule has 1 fully saturated rings. The van der Waals surface area contributed by atoms with Gasteiger partial charge in [0.25, 0.3) is 5.91 Å². The number of amides is 2. The van der Waals surface area contributed by atoms with Crippen LogP contribution >= 0.6 is 0 Å². The predicted octanol–water partition coefficient (Wildman–Crippen LogP) is -0.120. The van der Waals surface area contributed by atoms with Crippen LogP contribution in [0.25, 0.3) is 0 Å². The summed E-state index contributed by atoms with van der Waals surface area (Å²) in [4.78, 5) is 27.1. The molecular formula is C12H16N4O3. The molecule has 1 aliphatic rings. The fourth-order valence-corrected chi connectivity index (χ4v) is 2.00. The third-order valence-corrected chi connectivity index (χ3v) is 2.95. The third-order valence-electron chi connectivity index (χ3n) is 2.95. The molecule has 1 saturated heterocycles. The van der Waals surface area contributed by atoms with Crippen LogP contribution in [0.2, 0.25) is 0 Å². The normalized spacial score (nSPS) is 18.1. The fourth-order valence-electron chi connectivity index (χ4n) is 2.00. The maximum Gasteiger partial charge on any atom is 0.254 e. The average molecular weight is 264 g/mol. The van der Waals surface area contributed by atoms with Gasteiger partial charge in [0.05, 0.1) is 25.0 Å². The number of ether oxygens (including phenoxy) is 1. The van der Waals surface area contributed by atoms with Gasteiger partial charge < -0.3 is 21.1 Å². The van der Waals surface area contributed by atoms with Gasteiger partial charge >= 0.3 is 0 Å². The number of carbonyl (C=O) groups excluding carboxylic acids is 2. The zero-order valence-corrected chi connectivity index (χ0v) is 10.6. The second-order valence-corrected chi connectivity index (χ2v) is 4.28. The first-order valence-corrected chi connectivity index (χ1v) is 6.00. The van der Waals surface area contributed by atoms with E-state index in [1.54, 1.807) is 0 Å². The van der Waals surface area contributed by atoms with E-state index in [9.17, 15) is 9.59 Å². The first kappa shape index (κ1) is 13.3. The lowest BCUT2D eigenvalue weighted by Crippen LogP contribution is -2.35. The number of anilines is 1. The molecule has 0 unspecified atom stereocenters. The van der Waals surface area contributed by atoms with Crippen LogP contribution in [-0.4, -0.2) is 36.5 Å². The molecule has 2 amide bonds. The highest BCUT2D eigenvalue weighted by Crippen LogP contribution is 2.19. The summed E-state index contributed by atoms with van der Waals surface area (Å²) in [6.07, 6.45) is 3.21. The number of primary amides is 1. The Morgan fingerprint density at radius 1 is 1.58 bits per heavy atom. The maximum absolute atomic E-state index is 11.9. The molecule has 7 heteroatoms. The second kappa shape index (κ2) is 5.66. The van der Waals surface area contributed by atoms with Gasteiger partial charge in [-0.15, -0.1) is 0 Å². The van der Waals surface area contributed by atoms with Gasteiger partial charge in [0.2, 0.25) is 11.8 Å². The van der Waals surface area contributed by atoms with Gasteiger partial charge in [-0.25, -0.2) is 4.98 Å². The van der Waals surface area contributed by atoms with Crippen LogP contribution in [0, 0.1) is 0 Å². The van der Waals surface area contributed by atoms with Gasteiger partial charge in [-0.2, -0.15) is 0 Å². The van der Waals surface area contributed by atoms with Crippen molar-refractivity contribution in [3.05, 3.63) is 17.8 Å². The molecule has 2 rings (SSSR count). The molecule has 1 aromatic heterocycles. The summed E-state index contributed by atoms with van der Waals surface area (Å²) in [5.74, 6) is -0.649. The molecule has 0 radical (unpaired) electrons. The van der Waals surface area contributed by atoms with Gasteiger partial charge in [-0.3, -0.25) is 9.59 Å². The Morgan fingerprint density at radius 2 is 2.37 bits per heavy atom. The molecule has 0 spiro atoms. The van der Waals surface area contributed by atoms with E-state index in [0.29, 0.717) is 5.69 Å². The Hall–Kier alpha value is -2.15. The molecule has 1 aromatic rings. The molecule has 4 N–H and O–H groups in total. The van der Waals surface area contributed by atoms with Crippen molar-refractivity contribution in [3.8, 4) is 5.88 Å². The quantitative estimate of drug-likeness (QED) is 0.703. The number of nitrogens with zero attached hydrogens (tertiary/aromatic N) is 1. The zero-order valence-electron chi connectivity index (χ0n) is 10.6. The van der Waals surface area contributed by atoms with Gasteiger partial charge in [0, 0.05) is 0 Å². The highest BCUT2D eigenvalue weighted by molar-refractivity contribution is 5.99. The molecule has 1 atom stereocenters. The third kappa shape index (κ3) is 3.00. The number of hydrogen-bond acceptors (Lipinski definition) is 5. The van der Waals surface area contributed by atoms with E-state index in [1.807, 2.05) is 0 Å². The number of pyridine rings is 1. The number of nitrogens with one attached hydrogen (secondary N) is 2. The van der Waals surface area contributed by atoms with Crippen LogP contribution in [0.3, 0.4) is 0 Å². The predicted molar refractivity (Wildman–Crippen MR) is 69.0 cm³/mol. The van der Waals surface area contributed by atoms with Crippen LogP contribution in [-0.2, 0) is 4.79 Å². The minimum Gasteiger partial charge on any atom is -0.480 e. The minimum absolute atomic E-state index is 0.139. The van der Waals surface area contributed by atoms with Crippen molar-refractivity contribution in [1.29, 1.82) is 0 Å². The monoisotopic (exact) mass is 264 g/mol. The largest absolute Gasteiger partial charge is 0.480 e. The average Bonchev–Trinajstić information content (AvgIpc) is 2.92. The lowest BCUT2D eigenvalue weighted by molar-refractivity contribution is -0.117.